The average Bonchev–Trinajstić information content (AvgIpc) is 3.53. The fourth-order valence-electron chi connectivity index (χ4n) is 10.2. The second-order valence-electron chi connectivity index (χ2n) is 16.0. The number of hydrogen-bond donors (Lipinski definition) is 0. The van der Waals surface area contributed by atoms with E-state index in [0.29, 0.717) is 5.92 Å². The van der Waals surface area contributed by atoms with E-state index < -0.39 is 0 Å². The van der Waals surface area contributed by atoms with E-state index >= 15 is 0 Å². The summed E-state index contributed by atoms with van der Waals surface area (Å²) in [5.41, 5.74) is 15.5. The molecule has 8 aromatic carbocycles. The first-order valence-corrected chi connectivity index (χ1v) is 20.5. The SMILES string of the molecule is c1ccc(C2CCc3cc(-c4ccc5c6c7cccc8c7c(cc6n(-c6ccc7ccc9cccnc9c7n6)c5c4)Oc4ccccc4-8)ccc3-c3ccccc32)cc1. The van der Waals surface area contributed by atoms with Crippen LogP contribution in [0.25, 0.3) is 93.6 Å². The van der Waals surface area contributed by atoms with Gasteiger partial charge < -0.3 is 4.74 Å². The number of aromatic nitrogens is 3. The zero-order chi connectivity index (χ0) is 38.6. The number of fused-ring (bicyclic) bond motifs is 12. The normalized spacial score (nSPS) is 14.3. The van der Waals surface area contributed by atoms with Crippen molar-refractivity contribution in [1.29, 1.82) is 0 Å². The first-order valence-electron chi connectivity index (χ1n) is 20.5. The second kappa shape index (κ2) is 12.5. The summed E-state index contributed by atoms with van der Waals surface area (Å²) in [5.74, 6) is 2.93. The van der Waals surface area contributed by atoms with Crippen molar-refractivity contribution in [2.24, 2.45) is 0 Å². The predicted octanol–water partition coefficient (Wildman–Crippen LogP) is 14.2. The Bertz CT molecular complexity index is 3550. The molecule has 0 saturated carbocycles. The molecule has 0 radical (unpaired) electrons. The van der Waals surface area contributed by atoms with E-state index in [1.807, 2.05) is 18.3 Å². The zero-order valence-electron chi connectivity index (χ0n) is 32.1. The topological polar surface area (TPSA) is 39.9 Å². The minimum Gasteiger partial charge on any atom is -0.456 e. The van der Waals surface area contributed by atoms with E-state index in [4.69, 9.17) is 14.7 Å². The molecule has 1 atom stereocenters. The van der Waals surface area contributed by atoms with Crippen LogP contribution < -0.4 is 4.74 Å². The van der Waals surface area contributed by atoms with Crippen LogP contribution in [0.15, 0.2) is 182 Å². The Hall–Kier alpha value is -7.56. The summed E-state index contributed by atoms with van der Waals surface area (Å²) >= 11 is 0. The van der Waals surface area contributed by atoms with Crippen LogP contribution in [0.2, 0.25) is 0 Å². The van der Waals surface area contributed by atoms with Gasteiger partial charge >= 0.3 is 0 Å². The van der Waals surface area contributed by atoms with Gasteiger partial charge in [0, 0.05) is 50.7 Å². The smallest absolute Gasteiger partial charge is 0.138 e. The maximum atomic E-state index is 6.75. The molecule has 4 nitrogen and oxygen atoms in total. The van der Waals surface area contributed by atoms with Gasteiger partial charge in [-0.3, -0.25) is 9.55 Å². The monoisotopic (exact) mass is 753 g/mol. The van der Waals surface area contributed by atoms with Gasteiger partial charge in [-0.2, -0.15) is 0 Å². The highest BCUT2D eigenvalue weighted by Gasteiger charge is 2.27. The molecule has 4 heterocycles. The van der Waals surface area contributed by atoms with Gasteiger partial charge in [0.05, 0.1) is 22.1 Å². The van der Waals surface area contributed by atoms with Crippen LogP contribution in [-0.2, 0) is 6.42 Å². The molecule has 0 bridgehead atoms. The first-order chi connectivity index (χ1) is 29.2. The third-order valence-electron chi connectivity index (χ3n) is 12.9. The van der Waals surface area contributed by atoms with Gasteiger partial charge in [0.25, 0.3) is 0 Å². The molecule has 3 aromatic heterocycles. The average molecular weight is 754 g/mol. The largest absolute Gasteiger partial charge is 0.456 e. The van der Waals surface area contributed by atoms with Crippen molar-refractivity contribution in [3.05, 3.63) is 199 Å². The highest BCUT2D eigenvalue weighted by molar-refractivity contribution is 6.25. The minimum atomic E-state index is 0.352. The van der Waals surface area contributed by atoms with Crippen molar-refractivity contribution in [1.82, 2.24) is 14.5 Å². The first kappa shape index (κ1) is 32.5. The molecule has 11 aromatic rings. The van der Waals surface area contributed by atoms with Gasteiger partial charge in [-0.25, -0.2) is 4.98 Å². The molecule has 0 N–H and O–H groups in total. The lowest BCUT2D eigenvalue weighted by Gasteiger charge is -2.22. The van der Waals surface area contributed by atoms with Gasteiger partial charge in [0.1, 0.15) is 17.3 Å². The fraction of sp³-hybridized carbons (Fsp3) is 0.0545. The van der Waals surface area contributed by atoms with Crippen LogP contribution in [-0.4, -0.2) is 14.5 Å². The number of aryl methyl sites for hydroxylation is 1. The fourth-order valence-corrected chi connectivity index (χ4v) is 10.2. The van der Waals surface area contributed by atoms with Crippen LogP contribution >= 0.6 is 0 Å². The summed E-state index contributed by atoms with van der Waals surface area (Å²) in [4.78, 5) is 10.2. The number of hydrogen-bond acceptors (Lipinski definition) is 3. The lowest BCUT2D eigenvalue weighted by atomic mass is 9.86. The van der Waals surface area contributed by atoms with Crippen LogP contribution in [0.3, 0.4) is 0 Å². The Kier molecular flexibility index (Phi) is 6.87. The zero-order valence-corrected chi connectivity index (χ0v) is 32.1. The number of nitrogens with zero attached hydrogens (tertiary/aromatic N) is 3. The Balaban J connectivity index is 1.05. The minimum absolute atomic E-state index is 0.352. The van der Waals surface area contributed by atoms with E-state index in [9.17, 15) is 0 Å². The molecule has 1 aliphatic carbocycles. The number of rotatable bonds is 3. The molecule has 0 spiro atoms. The van der Waals surface area contributed by atoms with Crippen molar-refractivity contribution in [2.75, 3.05) is 0 Å². The molecule has 276 valence electrons. The molecule has 0 saturated heterocycles. The number of benzene rings is 8. The molecular weight excluding hydrogens is 719 g/mol. The molecule has 59 heavy (non-hydrogen) atoms. The van der Waals surface area contributed by atoms with E-state index in [0.717, 1.165) is 73.9 Å². The van der Waals surface area contributed by atoms with Gasteiger partial charge in [-0.05, 0) is 93.1 Å². The van der Waals surface area contributed by atoms with Gasteiger partial charge in [0.2, 0.25) is 0 Å². The maximum Gasteiger partial charge on any atom is 0.138 e. The molecular formula is C55H35N3O. The van der Waals surface area contributed by atoms with Crippen molar-refractivity contribution >= 4 is 54.4 Å². The summed E-state index contributed by atoms with van der Waals surface area (Å²) in [5, 5.41) is 6.82. The quantitative estimate of drug-likeness (QED) is 0.169. The Morgan fingerprint density at radius 1 is 0.508 bits per heavy atom. The number of pyridine rings is 2. The number of para-hydroxylation sites is 1. The Morgan fingerprint density at radius 3 is 2.22 bits per heavy atom. The molecule has 13 rings (SSSR count). The van der Waals surface area contributed by atoms with Gasteiger partial charge in [0.15, 0.2) is 0 Å². The van der Waals surface area contributed by atoms with Crippen molar-refractivity contribution in [2.45, 2.75) is 18.8 Å². The summed E-state index contributed by atoms with van der Waals surface area (Å²) in [6.45, 7) is 0. The van der Waals surface area contributed by atoms with Gasteiger partial charge in [-0.15, -0.1) is 0 Å². The maximum absolute atomic E-state index is 6.75. The molecule has 0 fully saturated rings. The van der Waals surface area contributed by atoms with E-state index in [-0.39, 0.29) is 0 Å². The second-order valence-corrected chi connectivity index (χ2v) is 16.0. The van der Waals surface area contributed by atoms with Crippen molar-refractivity contribution < 1.29 is 4.74 Å². The standard InChI is InChI=1S/C55H35N3O/c1-2-10-33(11-3-1)39-26-23-38-30-36(21-25-40(38)42-14-5-4-13-41(39)42)37-22-27-45-47(31-37)58(51-28-24-35-20-19-34-12-9-29-56-54(34)55(35)57-51)48-32-50-53-44(16-8-17-46(53)52(45)48)43-15-6-7-18-49(43)59-50/h1-22,24-25,27-32,39H,23,26H2. The molecule has 4 heteroatoms. The molecule has 1 aliphatic heterocycles. The third-order valence-corrected chi connectivity index (χ3v) is 12.9. The molecule has 0 amide bonds. The Labute approximate surface area is 340 Å². The molecule has 2 aliphatic rings. The van der Waals surface area contributed by atoms with Crippen LogP contribution in [0.1, 0.15) is 29.0 Å². The van der Waals surface area contributed by atoms with E-state index in [1.54, 1.807) is 0 Å². The highest BCUT2D eigenvalue weighted by Crippen LogP contribution is 2.51. The molecule has 1 unspecified atom stereocenters. The Morgan fingerprint density at radius 2 is 1.29 bits per heavy atom. The van der Waals surface area contributed by atoms with Gasteiger partial charge in [-0.1, -0.05) is 140 Å². The summed E-state index contributed by atoms with van der Waals surface area (Å²) in [6.07, 6.45) is 3.92. The summed E-state index contributed by atoms with van der Waals surface area (Å²) in [6, 6.07) is 64.0. The van der Waals surface area contributed by atoms with Crippen LogP contribution in [0, 0.1) is 0 Å². The lowest BCUT2D eigenvalue weighted by molar-refractivity contribution is 0.487. The van der Waals surface area contributed by atoms with Crippen LogP contribution in [0.5, 0.6) is 11.5 Å². The van der Waals surface area contributed by atoms with Crippen molar-refractivity contribution in [3.8, 4) is 50.7 Å². The predicted molar refractivity (Wildman–Crippen MR) is 242 cm³/mol. The summed E-state index contributed by atoms with van der Waals surface area (Å²) in [7, 11) is 0. The number of ether oxygens (including phenoxy) is 1. The lowest BCUT2D eigenvalue weighted by Crippen LogP contribution is -2.01. The van der Waals surface area contributed by atoms with Crippen molar-refractivity contribution in [3.63, 3.8) is 0 Å². The van der Waals surface area contributed by atoms with E-state index in [2.05, 4.69) is 168 Å². The highest BCUT2D eigenvalue weighted by atomic mass is 16.5. The summed E-state index contributed by atoms with van der Waals surface area (Å²) < 4.78 is 9.08. The van der Waals surface area contributed by atoms with E-state index in [1.165, 1.54) is 60.7 Å². The van der Waals surface area contributed by atoms with Crippen LogP contribution in [0.4, 0.5) is 0 Å². The third kappa shape index (κ3) is 4.84.